The maximum absolute atomic E-state index is 10.4. The predicted octanol–water partition coefficient (Wildman–Crippen LogP) is 5.01. The molecule has 0 radical (unpaired) electrons. The number of anilines is 1. The van der Waals surface area contributed by atoms with Gasteiger partial charge in [0, 0.05) is 29.2 Å². The first-order valence-electron chi connectivity index (χ1n) is 8.43. The van der Waals surface area contributed by atoms with Gasteiger partial charge in [0.1, 0.15) is 0 Å². The van der Waals surface area contributed by atoms with Crippen molar-refractivity contribution >= 4 is 16.5 Å². The molecule has 1 aromatic heterocycles. The molecule has 0 fully saturated rings. The van der Waals surface area contributed by atoms with Crippen molar-refractivity contribution < 1.29 is 5.11 Å². The van der Waals surface area contributed by atoms with Crippen molar-refractivity contribution in [2.45, 2.75) is 13.1 Å². The fraction of sp³-hybridized carbons (Fsp3) is 0.0909. The molecule has 0 aliphatic carbocycles. The monoisotopic (exact) mass is 328 g/mol. The van der Waals surface area contributed by atoms with E-state index in [2.05, 4.69) is 41.7 Å². The molecule has 1 heterocycles. The number of benzene rings is 3. The Balaban J connectivity index is 1.45. The average Bonchev–Trinajstić information content (AvgIpc) is 2.98. The van der Waals surface area contributed by atoms with Gasteiger partial charge in [0.25, 0.3) is 0 Å². The summed E-state index contributed by atoms with van der Waals surface area (Å²) in [4.78, 5) is 0. The van der Waals surface area contributed by atoms with Crippen LogP contribution < -0.4 is 5.32 Å². The van der Waals surface area contributed by atoms with Gasteiger partial charge in [-0.15, -0.1) is 0 Å². The number of nitrogens with one attached hydrogen (secondary N) is 1. The van der Waals surface area contributed by atoms with E-state index in [1.165, 1.54) is 11.1 Å². The molecule has 4 rings (SSSR count). The van der Waals surface area contributed by atoms with Gasteiger partial charge in [0.15, 0.2) is 5.88 Å². The van der Waals surface area contributed by atoms with Crippen LogP contribution in [0.1, 0.15) is 11.1 Å². The highest BCUT2D eigenvalue weighted by atomic mass is 16.3. The van der Waals surface area contributed by atoms with E-state index in [0.717, 1.165) is 23.0 Å². The van der Waals surface area contributed by atoms with Gasteiger partial charge in [-0.2, -0.15) is 0 Å². The molecule has 0 bridgehead atoms. The van der Waals surface area contributed by atoms with Gasteiger partial charge >= 0.3 is 0 Å². The Kier molecular flexibility index (Phi) is 4.13. The summed E-state index contributed by atoms with van der Waals surface area (Å²) >= 11 is 0. The summed E-state index contributed by atoms with van der Waals surface area (Å²) in [5, 5.41) is 15.7. The lowest BCUT2D eigenvalue weighted by atomic mass is 10.1. The molecule has 2 N–H and O–H groups in total. The third-order valence-corrected chi connectivity index (χ3v) is 4.41. The minimum absolute atomic E-state index is 0.324. The maximum atomic E-state index is 10.4. The van der Waals surface area contributed by atoms with Crippen molar-refractivity contribution in [3.8, 4) is 5.88 Å². The molecule has 0 atom stereocenters. The first kappa shape index (κ1) is 15.3. The molecule has 3 aromatic carbocycles. The van der Waals surface area contributed by atoms with Gasteiger partial charge in [0.2, 0.25) is 0 Å². The van der Waals surface area contributed by atoms with E-state index >= 15 is 0 Å². The summed E-state index contributed by atoms with van der Waals surface area (Å²) in [6, 6.07) is 26.6. The lowest BCUT2D eigenvalue weighted by Gasteiger charge is -2.08. The summed E-state index contributed by atoms with van der Waals surface area (Å²) in [6.07, 6.45) is 2.00. The van der Waals surface area contributed by atoms with Gasteiger partial charge in [-0.1, -0.05) is 60.7 Å². The van der Waals surface area contributed by atoms with Crippen molar-refractivity contribution in [3.05, 3.63) is 96.2 Å². The van der Waals surface area contributed by atoms with Gasteiger partial charge < -0.3 is 15.0 Å². The second-order valence-corrected chi connectivity index (χ2v) is 6.20. The number of hydrogen-bond donors (Lipinski definition) is 2. The quantitative estimate of drug-likeness (QED) is 0.540. The van der Waals surface area contributed by atoms with Gasteiger partial charge in [-0.05, 0) is 29.3 Å². The largest absolute Gasteiger partial charge is 0.494 e. The van der Waals surface area contributed by atoms with Crippen LogP contribution in [0.2, 0.25) is 0 Å². The summed E-state index contributed by atoms with van der Waals surface area (Å²) in [6.45, 7) is 1.45. The predicted molar refractivity (Wildman–Crippen MR) is 103 cm³/mol. The fourth-order valence-corrected chi connectivity index (χ4v) is 3.04. The summed E-state index contributed by atoms with van der Waals surface area (Å²) < 4.78 is 1.89. The Labute approximate surface area is 147 Å². The Hall–Kier alpha value is -3.20. The lowest BCUT2D eigenvalue weighted by molar-refractivity contribution is 0.430. The smallest absolute Gasteiger partial charge is 0.199 e. The lowest BCUT2D eigenvalue weighted by Crippen LogP contribution is -2.00. The molecular formula is C22H20N2O. The molecular weight excluding hydrogens is 308 g/mol. The zero-order valence-electron chi connectivity index (χ0n) is 13.9. The molecule has 3 nitrogen and oxygen atoms in total. The number of aromatic hydroxyl groups is 1. The van der Waals surface area contributed by atoms with Crippen molar-refractivity contribution in [1.29, 1.82) is 0 Å². The number of nitrogens with zero attached hydrogens (tertiary/aromatic N) is 1. The first-order valence-corrected chi connectivity index (χ1v) is 8.43. The zero-order valence-corrected chi connectivity index (χ0v) is 13.9. The third kappa shape index (κ3) is 3.36. The van der Waals surface area contributed by atoms with Crippen molar-refractivity contribution in [2.75, 3.05) is 5.32 Å². The molecule has 0 aliphatic rings. The van der Waals surface area contributed by atoms with Crippen molar-refractivity contribution in [1.82, 2.24) is 4.57 Å². The molecule has 25 heavy (non-hydrogen) atoms. The average molecular weight is 328 g/mol. The van der Waals surface area contributed by atoms with Crippen molar-refractivity contribution in [3.63, 3.8) is 0 Å². The second kappa shape index (κ2) is 6.73. The van der Waals surface area contributed by atoms with Crippen LogP contribution in [0.3, 0.4) is 0 Å². The highest BCUT2D eigenvalue weighted by Gasteiger charge is 2.07. The molecule has 0 saturated heterocycles. The van der Waals surface area contributed by atoms with Crippen LogP contribution in [0.25, 0.3) is 10.8 Å². The van der Waals surface area contributed by atoms with E-state index in [4.69, 9.17) is 0 Å². The van der Waals surface area contributed by atoms with Crippen LogP contribution >= 0.6 is 0 Å². The van der Waals surface area contributed by atoms with E-state index in [0.29, 0.717) is 12.4 Å². The highest BCUT2D eigenvalue weighted by molar-refractivity contribution is 5.87. The number of hydrogen-bond acceptors (Lipinski definition) is 2. The zero-order chi connectivity index (χ0) is 17.1. The highest BCUT2D eigenvalue weighted by Crippen LogP contribution is 2.27. The van der Waals surface area contributed by atoms with Gasteiger partial charge in [0.05, 0.1) is 6.54 Å². The Morgan fingerprint density at radius 1 is 0.760 bits per heavy atom. The van der Waals surface area contributed by atoms with Crippen LogP contribution in [-0.4, -0.2) is 9.67 Å². The second-order valence-electron chi connectivity index (χ2n) is 6.20. The Bertz CT molecular complexity index is 972. The molecule has 0 amide bonds. The van der Waals surface area contributed by atoms with E-state index < -0.39 is 0 Å². The normalized spacial score (nSPS) is 10.9. The van der Waals surface area contributed by atoms with Crippen LogP contribution in [0.5, 0.6) is 5.88 Å². The molecule has 3 heteroatoms. The van der Waals surface area contributed by atoms with Gasteiger partial charge in [-0.25, -0.2) is 0 Å². The van der Waals surface area contributed by atoms with E-state index in [1.807, 2.05) is 53.2 Å². The van der Waals surface area contributed by atoms with E-state index in [9.17, 15) is 5.11 Å². The van der Waals surface area contributed by atoms with E-state index in [1.54, 1.807) is 0 Å². The van der Waals surface area contributed by atoms with Crippen LogP contribution in [0.4, 0.5) is 5.69 Å². The Morgan fingerprint density at radius 2 is 1.44 bits per heavy atom. The molecule has 0 unspecified atom stereocenters. The molecule has 0 aliphatic heterocycles. The minimum Gasteiger partial charge on any atom is -0.494 e. The standard InChI is InChI=1S/C22H20N2O/c25-22-21-9-5-4-6-19(21)16-24(22)15-18-12-10-17(11-13-18)14-23-20-7-2-1-3-8-20/h1-13,16,23,25H,14-15H2. The molecule has 0 saturated carbocycles. The first-order chi connectivity index (χ1) is 12.3. The van der Waals surface area contributed by atoms with Crippen molar-refractivity contribution in [2.24, 2.45) is 0 Å². The minimum atomic E-state index is 0.324. The fourth-order valence-electron chi connectivity index (χ4n) is 3.04. The van der Waals surface area contributed by atoms with Crippen LogP contribution in [-0.2, 0) is 13.1 Å². The summed E-state index contributed by atoms with van der Waals surface area (Å²) in [5.74, 6) is 0.324. The Morgan fingerprint density at radius 3 is 2.20 bits per heavy atom. The number of fused-ring (bicyclic) bond motifs is 1. The third-order valence-electron chi connectivity index (χ3n) is 4.41. The van der Waals surface area contributed by atoms with E-state index in [-0.39, 0.29) is 0 Å². The summed E-state index contributed by atoms with van der Waals surface area (Å²) in [7, 11) is 0. The topological polar surface area (TPSA) is 37.2 Å². The van der Waals surface area contributed by atoms with Crippen LogP contribution in [0.15, 0.2) is 85.1 Å². The number of aromatic nitrogens is 1. The number of rotatable bonds is 5. The number of para-hydroxylation sites is 1. The summed E-state index contributed by atoms with van der Waals surface area (Å²) in [5.41, 5.74) is 3.52. The van der Waals surface area contributed by atoms with Gasteiger partial charge in [-0.3, -0.25) is 0 Å². The maximum Gasteiger partial charge on any atom is 0.199 e. The molecule has 124 valence electrons. The van der Waals surface area contributed by atoms with Crippen LogP contribution in [0, 0.1) is 0 Å². The SMILES string of the molecule is Oc1c2ccccc2cn1Cc1ccc(CNc2ccccc2)cc1. The molecule has 0 spiro atoms. The molecule has 4 aromatic rings.